The Morgan fingerprint density at radius 3 is 2.94 bits per heavy atom. The lowest BCUT2D eigenvalue weighted by Crippen LogP contribution is -2.35. The van der Waals surface area contributed by atoms with Crippen molar-refractivity contribution in [1.82, 2.24) is 20.2 Å². The number of nitrogens with zero attached hydrogens (tertiary/aromatic N) is 3. The number of ether oxygens (including phenoxy) is 2. The zero-order chi connectivity index (χ0) is 22.8. The number of nitrogens with one attached hydrogen (secondary N) is 2. The van der Waals surface area contributed by atoms with Gasteiger partial charge in [0.15, 0.2) is 11.5 Å². The summed E-state index contributed by atoms with van der Waals surface area (Å²) < 4.78 is 25.4. The molecule has 0 radical (unpaired) electrons. The Kier molecular flexibility index (Phi) is 6.28. The molecule has 2 atom stereocenters. The molecular weight excluding hydrogens is 421 g/mol. The van der Waals surface area contributed by atoms with Crippen LogP contribution < -0.4 is 20.1 Å². The molecule has 33 heavy (non-hydrogen) atoms. The zero-order valence-corrected chi connectivity index (χ0v) is 19.1. The number of methoxy groups -OCH3 is 1. The third-order valence-corrected chi connectivity index (χ3v) is 6.70. The molecule has 2 N–H and O–H groups in total. The lowest BCUT2D eigenvalue weighted by Gasteiger charge is -2.23. The van der Waals surface area contributed by atoms with Gasteiger partial charge >= 0.3 is 0 Å². The highest BCUT2D eigenvalue weighted by atomic mass is 19.1. The second-order valence-corrected chi connectivity index (χ2v) is 8.77. The van der Waals surface area contributed by atoms with Gasteiger partial charge in [0.1, 0.15) is 18.0 Å². The zero-order valence-electron chi connectivity index (χ0n) is 19.1. The van der Waals surface area contributed by atoms with Crippen molar-refractivity contribution >= 4 is 22.4 Å². The molecule has 0 saturated carbocycles. The Morgan fingerprint density at radius 1 is 1.18 bits per heavy atom. The van der Waals surface area contributed by atoms with Gasteiger partial charge in [0.2, 0.25) is 0 Å². The first-order valence-electron chi connectivity index (χ1n) is 11.6. The molecule has 7 nitrogen and oxygen atoms in total. The second-order valence-electron chi connectivity index (χ2n) is 8.77. The van der Waals surface area contributed by atoms with Gasteiger partial charge in [-0.1, -0.05) is 0 Å². The molecule has 8 heteroatoms. The van der Waals surface area contributed by atoms with Gasteiger partial charge in [0.25, 0.3) is 0 Å². The van der Waals surface area contributed by atoms with Gasteiger partial charge in [-0.2, -0.15) is 0 Å². The third-order valence-electron chi connectivity index (χ3n) is 6.70. The number of anilines is 2. The molecule has 2 fully saturated rings. The van der Waals surface area contributed by atoms with Crippen molar-refractivity contribution < 1.29 is 13.9 Å². The van der Waals surface area contributed by atoms with Crippen LogP contribution >= 0.6 is 0 Å². The molecule has 2 aliphatic heterocycles. The van der Waals surface area contributed by atoms with Crippen molar-refractivity contribution in [3.63, 3.8) is 0 Å². The summed E-state index contributed by atoms with van der Waals surface area (Å²) in [5, 5.41) is 7.69. The van der Waals surface area contributed by atoms with Crippen LogP contribution in [0.1, 0.15) is 24.8 Å². The van der Waals surface area contributed by atoms with Crippen molar-refractivity contribution in [3.05, 3.63) is 48.0 Å². The summed E-state index contributed by atoms with van der Waals surface area (Å²) in [5.41, 5.74) is 2.08. The van der Waals surface area contributed by atoms with E-state index in [1.165, 1.54) is 25.2 Å². The number of rotatable bonds is 8. The molecule has 0 amide bonds. The van der Waals surface area contributed by atoms with E-state index >= 15 is 0 Å². The summed E-state index contributed by atoms with van der Waals surface area (Å²) in [4.78, 5) is 11.4. The van der Waals surface area contributed by atoms with Crippen LogP contribution in [0.15, 0.2) is 36.7 Å². The highest BCUT2D eigenvalue weighted by Gasteiger charge is 2.36. The summed E-state index contributed by atoms with van der Waals surface area (Å²) in [7, 11) is 1.63. The summed E-state index contributed by atoms with van der Waals surface area (Å²) in [6.45, 7) is 5.68. The van der Waals surface area contributed by atoms with Crippen molar-refractivity contribution in [2.75, 3.05) is 38.7 Å². The lowest BCUT2D eigenvalue weighted by molar-refractivity contribution is 0.218. The van der Waals surface area contributed by atoms with Crippen molar-refractivity contribution in [3.8, 4) is 11.5 Å². The molecule has 2 saturated heterocycles. The third kappa shape index (κ3) is 4.58. The van der Waals surface area contributed by atoms with Crippen LogP contribution in [0, 0.1) is 12.7 Å². The van der Waals surface area contributed by atoms with Crippen molar-refractivity contribution in [2.24, 2.45) is 0 Å². The van der Waals surface area contributed by atoms with Gasteiger partial charge in [0, 0.05) is 42.3 Å². The van der Waals surface area contributed by atoms with Crippen LogP contribution in [-0.2, 0) is 0 Å². The largest absolute Gasteiger partial charge is 0.493 e. The van der Waals surface area contributed by atoms with Gasteiger partial charge < -0.3 is 20.1 Å². The lowest BCUT2D eigenvalue weighted by atomic mass is 10.1. The smallest absolute Gasteiger partial charge is 0.162 e. The normalized spacial score (nSPS) is 20.2. The molecule has 2 aliphatic rings. The molecule has 2 unspecified atom stereocenters. The quantitative estimate of drug-likeness (QED) is 0.501. The highest BCUT2D eigenvalue weighted by molar-refractivity contribution is 5.93. The number of hydrogen-bond acceptors (Lipinski definition) is 7. The maximum Gasteiger partial charge on any atom is 0.162 e. The van der Waals surface area contributed by atoms with Crippen molar-refractivity contribution in [2.45, 2.75) is 38.3 Å². The van der Waals surface area contributed by atoms with E-state index in [2.05, 4.69) is 25.5 Å². The molecule has 0 aliphatic carbocycles. The molecule has 5 rings (SSSR count). The topological polar surface area (TPSA) is 71.5 Å². The predicted molar refractivity (Wildman–Crippen MR) is 127 cm³/mol. The van der Waals surface area contributed by atoms with Gasteiger partial charge in [-0.3, -0.25) is 4.90 Å². The average molecular weight is 452 g/mol. The molecule has 2 aromatic carbocycles. The van der Waals surface area contributed by atoms with Crippen LogP contribution in [0.3, 0.4) is 0 Å². The number of aromatic nitrogens is 2. The summed E-state index contributed by atoms with van der Waals surface area (Å²) in [5.74, 6) is 1.71. The summed E-state index contributed by atoms with van der Waals surface area (Å²) >= 11 is 0. The Bertz CT molecular complexity index is 1140. The van der Waals surface area contributed by atoms with E-state index in [4.69, 9.17) is 9.47 Å². The maximum absolute atomic E-state index is 13.6. The first kappa shape index (κ1) is 21.9. The molecule has 3 heterocycles. The van der Waals surface area contributed by atoms with Crippen LogP contribution in [-0.4, -0.2) is 60.3 Å². The van der Waals surface area contributed by atoms with Gasteiger partial charge in [-0.15, -0.1) is 0 Å². The van der Waals surface area contributed by atoms with Gasteiger partial charge in [0.05, 0.1) is 19.2 Å². The number of hydrogen-bond donors (Lipinski definition) is 2. The van der Waals surface area contributed by atoms with E-state index in [0.717, 1.165) is 42.6 Å². The first-order valence-corrected chi connectivity index (χ1v) is 11.6. The summed E-state index contributed by atoms with van der Waals surface area (Å²) in [6.07, 6.45) is 4.94. The minimum atomic E-state index is -0.234. The molecule has 0 spiro atoms. The van der Waals surface area contributed by atoms with E-state index < -0.39 is 0 Å². The SMILES string of the molecule is COc1cc2ncnc(Nc3ccc(F)c(C)c3)c2cc1OCCCN1CCC2NCCC21. The number of aryl methyl sites for hydroxylation is 1. The van der Waals surface area contributed by atoms with E-state index in [1.54, 1.807) is 26.2 Å². The Labute approximate surface area is 193 Å². The van der Waals surface area contributed by atoms with E-state index in [-0.39, 0.29) is 5.82 Å². The minimum Gasteiger partial charge on any atom is -0.493 e. The Morgan fingerprint density at radius 2 is 2.09 bits per heavy atom. The fourth-order valence-corrected chi connectivity index (χ4v) is 4.98. The second kappa shape index (κ2) is 9.49. The maximum atomic E-state index is 13.6. The number of benzene rings is 2. The van der Waals surface area contributed by atoms with Gasteiger partial charge in [-0.05, 0) is 62.6 Å². The fraction of sp³-hybridized carbons (Fsp3) is 0.440. The molecule has 1 aromatic heterocycles. The van der Waals surface area contributed by atoms with Crippen LogP contribution in [0.25, 0.3) is 10.9 Å². The van der Waals surface area contributed by atoms with Crippen LogP contribution in [0.5, 0.6) is 11.5 Å². The van der Waals surface area contributed by atoms with Crippen molar-refractivity contribution in [1.29, 1.82) is 0 Å². The highest BCUT2D eigenvalue weighted by Crippen LogP contribution is 2.35. The number of halogens is 1. The van der Waals surface area contributed by atoms with E-state index in [9.17, 15) is 4.39 Å². The molecular formula is C25H30FN5O2. The summed E-state index contributed by atoms with van der Waals surface area (Å²) in [6, 6.07) is 10.0. The van der Waals surface area contributed by atoms with Gasteiger partial charge in [-0.25, -0.2) is 14.4 Å². The minimum absolute atomic E-state index is 0.234. The monoisotopic (exact) mass is 451 g/mol. The molecule has 174 valence electrons. The molecule has 0 bridgehead atoms. The average Bonchev–Trinajstić information content (AvgIpc) is 3.44. The molecule has 3 aromatic rings. The standard InChI is InChI=1S/C25H30FN5O2/c1-16-12-17(4-5-19(16)26)30-25-18-13-24(23(32-2)14-21(18)28-15-29-25)33-11-3-9-31-10-7-20-22(31)6-8-27-20/h4-5,12-15,20,22,27H,3,6-11H2,1-2H3,(H,28,29,30). The Hall–Kier alpha value is -2.97. The number of fused-ring (bicyclic) bond motifs is 2. The van der Waals surface area contributed by atoms with E-state index in [1.807, 2.05) is 12.1 Å². The Balaban J connectivity index is 1.30. The fourth-order valence-electron chi connectivity index (χ4n) is 4.98. The van der Waals surface area contributed by atoms with Crippen LogP contribution in [0.4, 0.5) is 15.9 Å². The number of likely N-dealkylation sites (tertiary alicyclic amines) is 1. The predicted octanol–water partition coefficient (Wildman–Crippen LogP) is 4.03. The van der Waals surface area contributed by atoms with E-state index in [0.29, 0.717) is 41.6 Å². The first-order chi connectivity index (χ1) is 16.1. The van der Waals surface area contributed by atoms with Crippen LogP contribution in [0.2, 0.25) is 0 Å².